The molecule has 0 unspecified atom stereocenters. The average Bonchev–Trinajstić information content (AvgIpc) is 2.93. The van der Waals surface area contributed by atoms with Crippen LogP contribution in [0.15, 0.2) is 6.33 Å². The lowest BCUT2D eigenvalue weighted by Crippen LogP contribution is -2.30. The number of hydrogen-bond acceptors (Lipinski definition) is 7. The van der Waals surface area contributed by atoms with Gasteiger partial charge < -0.3 is 30.8 Å². The highest BCUT2D eigenvalue weighted by atomic mass is 19.1. The average molecular weight is 290 g/mol. The number of primary amides is 1. The second-order valence-electron chi connectivity index (χ2n) is 4.13. The largest absolute Gasteiger partial charge is 0.395 e. The lowest BCUT2D eigenvalue weighted by molar-refractivity contribution is -0.389. The van der Waals surface area contributed by atoms with Gasteiger partial charge in [-0.05, 0) is 9.91 Å². The third-order valence-corrected chi connectivity index (χ3v) is 2.92. The Kier molecular flexibility index (Phi) is 3.65. The van der Waals surface area contributed by atoms with Crippen LogP contribution in [-0.2, 0) is 4.74 Å². The maximum atomic E-state index is 13.6. The van der Waals surface area contributed by atoms with Crippen molar-refractivity contribution in [3.8, 4) is 0 Å². The molecule has 20 heavy (non-hydrogen) atoms. The normalized spacial score (nSPS) is 29.6. The van der Waals surface area contributed by atoms with Crippen LogP contribution in [0.25, 0.3) is 0 Å². The summed E-state index contributed by atoms with van der Waals surface area (Å²) in [6.07, 6.45) is -5.53. The summed E-state index contributed by atoms with van der Waals surface area (Å²) in [6.45, 7) is -0.697. The molecule has 110 valence electrons. The van der Waals surface area contributed by atoms with E-state index in [1.165, 1.54) is 0 Å². The predicted molar refractivity (Wildman–Crippen MR) is 59.3 cm³/mol. The van der Waals surface area contributed by atoms with Crippen molar-refractivity contribution in [2.45, 2.75) is 24.6 Å². The van der Waals surface area contributed by atoms with Crippen LogP contribution < -0.4 is 5.73 Å². The van der Waals surface area contributed by atoms with Gasteiger partial charge in [0.15, 0.2) is 12.4 Å². The maximum Gasteiger partial charge on any atom is 0.395 e. The summed E-state index contributed by atoms with van der Waals surface area (Å²) < 4.78 is 19.4. The molecule has 10 nitrogen and oxygen atoms in total. The van der Waals surface area contributed by atoms with E-state index in [2.05, 4.69) is 4.98 Å². The molecule has 4 atom stereocenters. The van der Waals surface area contributed by atoms with Crippen molar-refractivity contribution < 1.29 is 29.1 Å². The molecule has 0 spiro atoms. The Bertz CT molecular complexity index is 549. The number of rotatable bonds is 4. The van der Waals surface area contributed by atoms with E-state index < -0.39 is 53.6 Å². The molecule has 2 heterocycles. The van der Waals surface area contributed by atoms with Gasteiger partial charge in [-0.2, -0.15) is 0 Å². The number of imidazole rings is 1. The summed E-state index contributed by atoms with van der Waals surface area (Å²) >= 11 is 0. The Labute approximate surface area is 110 Å². The summed E-state index contributed by atoms with van der Waals surface area (Å²) in [4.78, 5) is 24.4. The Morgan fingerprint density at radius 3 is 2.80 bits per heavy atom. The van der Waals surface area contributed by atoms with Crippen molar-refractivity contribution in [3.63, 3.8) is 0 Å². The van der Waals surface area contributed by atoms with E-state index in [1.807, 2.05) is 0 Å². The van der Waals surface area contributed by atoms with Gasteiger partial charge in [-0.3, -0.25) is 9.36 Å². The van der Waals surface area contributed by atoms with Crippen molar-refractivity contribution in [3.05, 3.63) is 22.1 Å². The van der Waals surface area contributed by atoms with Crippen LogP contribution in [-0.4, -0.2) is 55.6 Å². The Balaban J connectivity index is 2.44. The van der Waals surface area contributed by atoms with Crippen molar-refractivity contribution in [2.75, 3.05) is 6.61 Å². The number of nitrogens with two attached hydrogens (primary N) is 1. The molecule has 1 aromatic rings. The summed E-state index contributed by atoms with van der Waals surface area (Å²) in [6, 6.07) is 0. The first kappa shape index (κ1) is 14.3. The molecule has 0 saturated carbocycles. The van der Waals surface area contributed by atoms with Crippen molar-refractivity contribution in [2.24, 2.45) is 5.73 Å². The second-order valence-corrected chi connectivity index (χ2v) is 4.13. The monoisotopic (exact) mass is 290 g/mol. The topological polar surface area (TPSA) is 154 Å². The van der Waals surface area contributed by atoms with Gasteiger partial charge in [-0.25, -0.2) is 4.39 Å². The molecular weight excluding hydrogens is 279 g/mol. The molecule has 0 radical (unpaired) electrons. The Hall–Kier alpha value is -2.11. The number of aliphatic hydroxyl groups is 2. The smallest absolute Gasteiger partial charge is 0.394 e. The van der Waals surface area contributed by atoms with E-state index >= 15 is 0 Å². The van der Waals surface area contributed by atoms with Crippen molar-refractivity contribution in [1.29, 1.82) is 0 Å². The number of aliphatic hydroxyl groups excluding tert-OH is 2. The van der Waals surface area contributed by atoms with Gasteiger partial charge in [0.25, 0.3) is 5.91 Å². The minimum atomic E-state index is -1.91. The number of aromatic nitrogens is 2. The highest BCUT2D eigenvalue weighted by Crippen LogP contribution is 2.33. The van der Waals surface area contributed by atoms with E-state index in [1.54, 1.807) is 0 Å². The van der Waals surface area contributed by atoms with Gasteiger partial charge >= 0.3 is 5.82 Å². The molecular formula is C9H11FN4O6. The van der Waals surface area contributed by atoms with Gasteiger partial charge in [0.2, 0.25) is 12.0 Å². The second kappa shape index (κ2) is 5.11. The molecule has 0 bridgehead atoms. The summed E-state index contributed by atoms with van der Waals surface area (Å²) in [5.41, 5.74) is 4.41. The van der Waals surface area contributed by atoms with E-state index in [0.29, 0.717) is 0 Å². The number of hydrogen-bond donors (Lipinski definition) is 3. The van der Waals surface area contributed by atoms with Crippen molar-refractivity contribution in [1.82, 2.24) is 9.55 Å². The molecule has 1 amide bonds. The summed E-state index contributed by atoms with van der Waals surface area (Å²) in [5, 5.41) is 29.3. The first-order valence-corrected chi connectivity index (χ1v) is 5.48. The third-order valence-electron chi connectivity index (χ3n) is 2.92. The third kappa shape index (κ3) is 2.11. The number of carbonyl (C=O) groups excluding carboxylic acids is 1. The number of alkyl halides is 1. The summed E-state index contributed by atoms with van der Waals surface area (Å²) in [5.74, 6) is -2.00. The Morgan fingerprint density at radius 1 is 1.70 bits per heavy atom. The molecule has 0 aliphatic carbocycles. The minimum Gasteiger partial charge on any atom is -0.394 e. The molecule has 1 saturated heterocycles. The molecule has 2 rings (SSSR count). The van der Waals surface area contributed by atoms with Gasteiger partial charge in [0, 0.05) is 0 Å². The highest BCUT2D eigenvalue weighted by molar-refractivity contribution is 5.94. The Morgan fingerprint density at radius 2 is 2.35 bits per heavy atom. The van der Waals surface area contributed by atoms with E-state index in [0.717, 1.165) is 10.9 Å². The van der Waals surface area contributed by atoms with Gasteiger partial charge in [0.1, 0.15) is 12.2 Å². The fourth-order valence-corrected chi connectivity index (χ4v) is 2.00. The fourth-order valence-electron chi connectivity index (χ4n) is 2.00. The zero-order valence-corrected chi connectivity index (χ0v) is 9.92. The van der Waals surface area contributed by atoms with Gasteiger partial charge in [-0.1, -0.05) is 0 Å². The quantitative estimate of drug-likeness (QED) is 0.449. The number of carbonyl (C=O) groups is 1. The summed E-state index contributed by atoms with van der Waals surface area (Å²) in [7, 11) is 0. The zero-order chi connectivity index (χ0) is 15.0. The first-order valence-electron chi connectivity index (χ1n) is 5.48. The van der Waals surface area contributed by atoms with Crippen LogP contribution in [0.3, 0.4) is 0 Å². The predicted octanol–water partition coefficient (Wildman–Crippen LogP) is -1.52. The van der Waals surface area contributed by atoms with E-state index in [9.17, 15) is 24.4 Å². The molecule has 4 N–H and O–H groups in total. The van der Waals surface area contributed by atoms with Crippen molar-refractivity contribution >= 4 is 11.7 Å². The van der Waals surface area contributed by atoms with E-state index in [-0.39, 0.29) is 0 Å². The number of amides is 1. The molecule has 1 aliphatic rings. The molecule has 1 aliphatic heterocycles. The number of nitro groups is 1. The number of ether oxygens (including phenoxy) is 1. The van der Waals surface area contributed by atoms with Crippen LogP contribution in [0.4, 0.5) is 10.2 Å². The first-order chi connectivity index (χ1) is 9.38. The lowest BCUT2D eigenvalue weighted by atomic mass is 10.1. The van der Waals surface area contributed by atoms with Gasteiger partial charge in [0.05, 0.1) is 6.61 Å². The number of halogens is 1. The van der Waals surface area contributed by atoms with Gasteiger partial charge in [-0.15, -0.1) is 0 Å². The van der Waals surface area contributed by atoms with Crippen LogP contribution in [0, 0.1) is 10.1 Å². The minimum absolute atomic E-state index is 0.621. The lowest BCUT2D eigenvalue weighted by Gasteiger charge is -2.16. The molecule has 0 aromatic carbocycles. The van der Waals surface area contributed by atoms with Crippen LogP contribution in [0.5, 0.6) is 0 Å². The van der Waals surface area contributed by atoms with E-state index in [4.69, 9.17) is 15.6 Å². The zero-order valence-electron chi connectivity index (χ0n) is 9.92. The highest BCUT2D eigenvalue weighted by Gasteiger charge is 2.47. The van der Waals surface area contributed by atoms with Crippen LogP contribution >= 0.6 is 0 Å². The van der Waals surface area contributed by atoms with Crippen LogP contribution in [0.1, 0.15) is 16.7 Å². The molecule has 1 aromatic heterocycles. The molecule has 1 fully saturated rings. The standard InChI is InChI=1S/C9H11FN4O6/c10-4-3(1-15)20-9(6(4)16)13-2-12-8(14(18)19)5(13)7(11)17/h2-4,6,9,15-16H,1H2,(H2,11,17)/t3-,4-,6-,9-/m1/s1. The number of nitrogens with zero attached hydrogens (tertiary/aromatic N) is 3. The fraction of sp³-hybridized carbons (Fsp3) is 0.556. The maximum absolute atomic E-state index is 13.6. The SMILES string of the molecule is NC(=O)c1c([N+](=O)[O-])ncn1[C@@H]1O[C@H](CO)[C@@H](F)[C@H]1O. The van der Waals surface area contributed by atoms with Crippen LogP contribution in [0.2, 0.25) is 0 Å². The molecule has 11 heteroatoms.